The minimum absolute atomic E-state index is 0.0391. The zero-order valence-corrected chi connectivity index (χ0v) is 22.6. The SMILES string of the molecule is COc1ccc(C(CNC(=O)CCCN2C(=O)/C(=C/c3ccc(F)cc3)SC2=S)N2CCCCC2)cc1. The van der Waals surface area contributed by atoms with Gasteiger partial charge in [0.25, 0.3) is 5.91 Å². The van der Waals surface area contributed by atoms with Gasteiger partial charge in [0.2, 0.25) is 5.91 Å². The lowest BCUT2D eigenvalue weighted by molar-refractivity contribution is -0.124. The molecule has 2 fully saturated rings. The van der Waals surface area contributed by atoms with Crippen LogP contribution in [0.4, 0.5) is 4.39 Å². The van der Waals surface area contributed by atoms with Gasteiger partial charge in [0.05, 0.1) is 18.1 Å². The lowest BCUT2D eigenvalue weighted by atomic mass is 10.0. The van der Waals surface area contributed by atoms with Gasteiger partial charge in [-0.3, -0.25) is 19.4 Å². The van der Waals surface area contributed by atoms with Gasteiger partial charge in [-0.25, -0.2) is 4.39 Å². The summed E-state index contributed by atoms with van der Waals surface area (Å²) in [5.74, 6) is 0.273. The molecule has 37 heavy (non-hydrogen) atoms. The Labute approximate surface area is 227 Å². The number of carbonyl (C=O) groups is 2. The van der Waals surface area contributed by atoms with Gasteiger partial charge in [-0.05, 0) is 73.8 Å². The summed E-state index contributed by atoms with van der Waals surface area (Å²) < 4.78 is 18.9. The topological polar surface area (TPSA) is 61.9 Å². The second-order valence-corrected chi connectivity index (χ2v) is 10.9. The number of thioether (sulfide) groups is 1. The number of carbonyl (C=O) groups excluding carboxylic acids is 2. The third-order valence-corrected chi connectivity index (χ3v) is 8.03. The van der Waals surface area contributed by atoms with E-state index in [2.05, 4.69) is 22.3 Å². The number of benzene rings is 2. The highest BCUT2D eigenvalue weighted by molar-refractivity contribution is 8.26. The van der Waals surface area contributed by atoms with Crippen molar-refractivity contribution in [1.82, 2.24) is 15.1 Å². The summed E-state index contributed by atoms with van der Waals surface area (Å²) in [5, 5.41) is 3.11. The van der Waals surface area contributed by atoms with Crippen LogP contribution in [-0.2, 0) is 9.59 Å². The van der Waals surface area contributed by atoms with Gasteiger partial charge in [-0.1, -0.05) is 54.7 Å². The van der Waals surface area contributed by atoms with Gasteiger partial charge < -0.3 is 10.1 Å². The maximum Gasteiger partial charge on any atom is 0.266 e. The van der Waals surface area contributed by atoms with Crippen LogP contribution in [0.1, 0.15) is 49.3 Å². The van der Waals surface area contributed by atoms with Crippen LogP contribution in [0.3, 0.4) is 0 Å². The molecule has 1 unspecified atom stereocenters. The van der Waals surface area contributed by atoms with Gasteiger partial charge in [-0.15, -0.1) is 0 Å². The molecule has 2 aromatic rings. The fourth-order valence-electron chi connectivity index (χ4n) is 4.61. The van der Waals surface area contributed by atoms with Crippen molar-refractivity contribution in [1.29, 1.82) is 0 Å². The molecule has 2 saturated heterocycles. The lowest BCUT2D eigenvalue weighted by Gasteiger charge is -2.35. The van der Waals surface area contributed by atoms with E-state index in [1.807, 2.05) is 12.1 Å². The van der Waals surface area contributed by atoms with Gasteiger partial charge in [0, 0.05) is 19.5 Å². The highest BCUT2D eigenvalue weighted by atomic mass is 32.2. The molecule has 2 heterocycles. The Kier molecular flexibility index (Phi) is 9.71. The summed E-state index contributed by atoms with van der Waals surface area (Å²) in [6, 6.07) is 14.1. The third kappa shape index (κ3) is 7.40. The average Bonchev–Trinajstić information content (AvgIpc) is 3.18. The monoisotopic (exact) mass is 541 g/mol. The molecule has 1 atom stereocenters. The van der Waals surface area contributed by atoms with E-state index in [1.165, 1.54) is 48.1 Å². The zero-order valence-electron chi connectivity index (χ0n) is 21.0. The van der Waals surface area contributed by atoms with Crippen LogP contribution in [0.5, 0.6) is 5.75 Å². The van der Waals surface area contributed by atoms with Crippen molar-refractivity contribution in [3.8, 4) is 5.75 Å². The predicted octanol–water partition coefficient (Wildman–Crippen LogP) is 5.16. The van der Waals surface area contributed by atoms with Crippen LogP contribution in [0, 0.1) is 5.82 Å². The molecule has 0 saturated carbocycles. The van der Waals surface area contributed by atoms with Crippen LogP contribution in [-0.4, -0.2) is 59.2 Å². The lowest BCUT2D eigenvalue weighted by Crippen LogP contribution is -2.40. The van der Waals surface area contributed by atoms with Gasteiger partial charge >= 0.3 is 0 Å². The van der Waals surface area contributed by atoms with Crippen molar-refractivity contribution in [2.45, 2.75) is 38.1 Å². The molecule has 0 bridgehead atoms. The van der Waals surface area contributed by atoms with E-state index in [-0.39, 0.29) is 23.7 Å². The average molecular weight is 542 g/mol. The standard InChI is InChI=1S/C28H32FN3O3S2/c1-35-23-13-9-21(10-14-23)24(31-15-3-2-4-16-31)19-30-26(33)6-5-17-32-27(34)25(37-28(32)36)18-20-7-11-22(29)12-8-20/h7-14,18,24H,2-6,15-17,19H2,1H3,(H,30,33)/b25-18-. The number of methoxy groups -OCH3 is 1. The number of nitrogens with zero attached hydrogens (tertiary/aromatic N) is 2. The van der Waals surface area contributed by atoms with E-state index >= 15 is 0 Å². The van der Waals surface area contributed by atoms with Crippen LogP contribution in [0.2, 0.25) is 0 Å². The van der Waals surface area contributed by atoms with Gasteiger partial charge in [0.1, 0.15) is 15.9 Å². The normalized spacial score (nSPS) is 18.3. The highest BCUT2D eigenvalue weighted by Crippen LogP contribution is 2.33. The fourth-order valence-corrected chi connectivity index (χ4v) is 5.92. The van der Waals surface area contributed by atoms with Crippen molar-refractivity contribution in [3.05, 3.63) is 70.4 Å². The molecule has 196 valence electrons. The summed E-state index contributed by atoms with van der Waals surface area (Å²) in [5.41, 5.74) is 1.90. The molecule has 9 heteroatoms. The smallest absolute Gasteiger partial charge is 0.266 e. The minimum atomic E-state index is -0.325. The van der Waals surface area contributed by atoms with Crippen molar-refractivity contribution in [2.24, 2.45) is 0 Å². The number of hydrogen-bond donors (Lipinski definition) is 1. The second-order valence-electron chi connectivity index (χ2n) is 9.18. The number of ether oxygens (including phenoxy) is 1. The van der Waals surface area contributed by atoms with Gasteiger partial charge in [-0.2, -0.15) is 0 Å². The molecule has 4 rings (SSSR count). The Bertz CT molecular complexity index is 1130. The molecule has 2 aliphatic heterocycles. The Morgan fingerprint density at radius 3 is 2.51 bits per heavy atom. The number of amides is 2. The fraction of sp³-hybridized carbons (Fsp3) is 0.393. The van der Waals surface area contributed by atoms with Crippen LogP contribution in [0.15, 0.2) is 53.4 Å². The van der Waals surface area contributed by atoms with Gasteiger partial charge in [0.15, 0.2) is 0 Å². The number of hydrogen-bond acceptors (Lipinski definition) is 6. The zero-order chi connectivity index (χ0) is 26.2. The van der Waals surface area contributed by atoms with E-state index in [0.717, 1.165) is 30.0 Å². The van der Waals surface area contributed by atoms with E-state index in [9.17, 15) is 14.0 Å². The first-order valence-corrected chi connectivity index (χ1v) is 13.8. The van der Waals surface area contributed by atoms with E-state index in [4.69, 9.17) is 17.0 Å². The maximum absolute atomic E-state index is 13.2. The molecule has 6 nitrogen and oxygen atoms in total. The first-order valence-electron chi connectivity index (χ1n) is 12.6. The van der Waals surface area contributed by atoms with Crippen molar-refractivity contribution < 1.29 is 18.7 Å². The van der Waals surface area contributed by atoms with Crippen molar-refractivity contribution in [3.63, 3.8) is 0 Å². The molecule has 0 aliphatic carbocycles. The highest BCUT2D eigenvalue weighted by Gasteiger charge is 2.31. The van der Waals surface area contributed by atoms with Crippen molar-refractivity contribution in [2.75, 3.05) is 33.3 Å². The second kappa shape index (κ2) is 13.2. The molecule has 0 spiro atoms. The first-order chi connectivity index (χ1) is 17.9. The molecule has 2 aromatic carbocycles. The molecule has 0 aromatic heterocycles. The molecule has 0 radical (unpaired) electrons. The molecule has 1 N–H and O–H groups in total. The number of halogens is 1. The van der Waals surface area contributed by atoms with Crippen molar-refractivity contribution >= 4 is 46.2 Å². The maximum atomic E-state index is 13.2. The number of thiocarbonyl (C=S) groups is 1. The largest absolute Gasteiger partial charge is 0.497 e. The van der Waals surface area contributed by atoms with Crippen LogP contribution in [0.25, 0.3) is 6.08 Å². The summed E-state index contributed by atoms with van der Waals surface area (Å²) in [7, 11) is 1.65. The summed E-state index contributed by atoms with van der Waals surface area (Å²) in [6.07, 6.45) is 6.11. The van der Waals surface area contributed by atoms with Crippen LogP contribution >= 0.6 is 24.0 Å². The Morgan fingerprint density at radius 2 is 1.84 bits per heavy atom. The number of rotatable bonds is 10. The molecule has 2 aliphatic rings. The summed E-state index contributed by atoms with van der Waals surface area (Å²) in [6.45, 7) is 2.96. The first kappa shape index (κ1) is 27.3. The summed E-state index contributed by atoms with van der Waals surface area (Å²) in [4.78, 5) is 30.0. The van der Waals surface area contributed by atoms with E-state index < -0.39 is 0 Å². The number of piperidine rings is 1. The number of nitrogens with one attached hydrogen (secondary N) is 1. The van der Waals surface area contributed by atoms with E-state index in [0.29, 0.717) is 35.2 Å². The molecular weight excluding hydrogens is 509 g/mol. The summed E-state index contributed by atoms with van der Waals surface area (Å²) >= 11 is 6.62. The van der Waals surface area contributed by atoms with Crippen LogP contribution < -0.4 is 10.1 Å². The minimum Gasteiger partial charge on any atom is -0.497 e. The number of likely N-dealkylation sites (tertiary alicyclic amines) is 1. The Balaban J connectivity index is 1.28. The van der Waals surface area contributed by atoms with E-state index in [1.54, 1.807) is 25.3 Å². The Hall–Kier alpha value is -2.75. The molecular formula is C28H32FN3O3S2. The Morgan fingerprint density at radius 1 is 1.14 bits per heavy atom. The quantitative estimate of drug-likeness (QED) is 0.331. The third-order valence-electron chi connectivity index (χ3n) is 6.65. The molecule has 2 amide bonds. The predicted molar refractivity (Wildman–Crippen MR) is 150 cm³/mol.